The Bertz CT molecular complexity index is 1100. The van der Waals surface area contributed by atoms with E-state index >= 15 is 0 Å². The third kappa shape index (κ3) is 6.44. The average Bonchev–Trinajstić information content (AvgIpc) is 2.85. The maximum Gasteiger partial charge on any atom is 0.267 e. The Morgan fingerprint density at radius 1 is 0.875 bits per heavy atom. The van der Waals surface area contributed by atoms with E-state index in [-0.39, 0.29) is 6.54 Å². The van der Waals surface area contributed by atoms with Crippen molar-refractivity contribution in [2.24, 2.45) is 5.73 Å². The summed E-state index contributed by atoms with van der Waals surface area (Å²) in [5.41, 5.74) is 11.1. The van der Waals surface area contributed by atoms with Gasteiger partial charge >= 0.3 is 0 Å². The molecule has 0 saturated carbocycles. The number of amides is 2. The van der Waals surface area contributed by atoms with Gasteiger partial charge in [-0.25, -0.2) is 5.48 Å². The van der Waals surface area contributed by atoms with Crippen LogP contribution >= 0.6 is 0 Å². The third-order valence-corrected chi connectivity index (χ3v) is 4.69. The Hall–Kier alpha value is -4.12. The van der Waals surface area contributed by atoms with Crippen LogP contribution in [-0.2, 0) is 11.3 Å². The van der Waals surface area contributed by atoms with Crippen LogP contribution in [0, 0.1) is 11.8 Å². The van der Waals surface area contributed by atoms with E-state index in [0.29, 0.717) is 5.56 Å². The predicted molar refractivity (Wildman–Crippen MR) is 123 cm³/mol. The Morgan fingerprint density at radius 3 is 2.03 bits per heavy atom. The zero-order valence-corrected chi connectivity index (χ0v) is 17.3. The summed E-state index contributed by atoms with van der Waals surface area (Å²) < 4.78 is 0. The van der Waals surface area contributed by atoms with Gasteiger partial charge in [-0.15, -0.1) is 0 Å². The molecule has 3 aromatic carbocycles. The number of hydrogen-bond donors (Lipinski definition) is 5. The molecular formula is C25H24N4O3. The van der Waals surface area contributed by atoms with Gasteiger partial charge in [-0.1, -0.05) is 42.2 Å². The molecule has 32 heavy (non-hydrogen) atoms. The summed E-state index contributed by atoms with van der Waals surface area (Å²) in [6.45, 7) is 0.592. The lowest BCUT2D eigenvalue weighted by Gasteiger charge is -2.14. The number of benzene rings is 3. The molecule has 7 nitrogen and oxygen atoms in total. The minimum absolute atomic E-state index is 0.136. The molecule has 0 aliphatic rings. The van der Waals surface area contributed by atoms with E-state index in [1.807, 2.05) is 54.6 Å². The van der Waals surface area contributed by atoms with Gasteiger partial charge in [0.1, 0.15) is 6.04 Å². The average molecular weight is 428 g/mol. The molecule has 0 saturated heterocycles. The minimum Gasteiger partial charge on any atom is -0.381 e. The lowest BCUT2D eigenvalue weighted by molar-refractivity contribution is -0.130. The topological polar surface area (TPSA) is 116 Å². The highest BCUT2D eigenvalue weighted by Crippen LogP contribution is 2.10. The van der Waals surface area contributed by atoms with Crippen molar-refractivity contribution in [3.8, 4) is 11.8 Å². The van der Waals surface area contributed by atoms with Gasteiger partial charge in [-0.2, -0.15) is 0 Å². The highest BCUT2D eigenvalue weighted by molar-refractivity contribution is 5.97. The Kier molecular flexibility index (Phi) is 7.98. The maximum atomic E-state index is 12.2. The van der Waals surface area contributed by atoms with Gasteiger partial charge in [-0.05, 0) is 54.1 Å². The van der Waals surface area contributed by atoms with Crippen LogP contribution in [-0.4, -0.2) is 29.6 Å². The first kappa shape index (κ1) is 22.6. The quantitative estimate of drug-likeness (QED) is 0.225. The predicted octanol–water partition coefficient (Wildman–Crippen LogP) is 2.26. The molecule has 162 valence electrons. The van der Waals surface area contributed by atoms with Crippen molar-refractivity contribution in [3.05, 3.63) is 101 Å². The van der Waals surface area contributed by atoms with Crippen LogP contribution in [0.5, 0.6) is 0 Å². The summed E-state index contributed by atoms with van der Waals surface area (Å²) in [5, 5.41) is 14.5. The smallest absolute Gasteiger partial charge is 0.267 e. The fraction of sp³-hybridized carbons (Fsp3) is 0.120. The lowest BCUT2D eigenvalue weighted by Crippen LogP contribution is -2.50. The molecule has 0 radical (unpaired) electrons. The summed E-state index contributed by atoms with van der Waals surface area (Å²) in [5.74, 6) is 4.93. The second-order valence-electron chi connectivity index (χ2n) is 6.98. The third-order valence-electron chi connectivity index (χ3n) is 4.69. The standard InChI is InChI=1S/C25H24N4O3/c26-16-23(25(31)29-32)28-24(30)21-14-12-19(13-15-21)7-6-18-8-10-20(11-9-18)17-27-22-4-2-1-3-5-22/h1-5,8-15,23,27,32H,16-17,26H2,(H,28,30)(H,29,31)/t23-/m0/s1. The van der Waals surface area contributed by atoms with Crippen molar-refractivity contribution in [2.45, 2.75) is 12.6 Å². The van der Waals surface area contributed by atoms with Crippen LogP contribution in [0.4, 0.5) is 5.69 Å². The zero-order chi connectivity index (χ0) is 22.8. The molecule has 3 rings (SSSR count). The number of rotatable bonds is 7. The lowest BCUT2D eigenvalue weighted by atomic mass is 10.1. The largest absolute Gasteiger partial charge is 0.381 e. The number of carbonyl (C=O) groups is 2. The molecule has 0 heterocycles. The Labute approximate surface area is 186 Å². The molecule has 0 unspecified atom stereocenters. The SMILES string of the molecule is NC[C@H](NC(=O)c1ccc(C#Cc2ccc(CNc3ccccc3)cc2)cc1)C(=O)NO. The van der Waals surface area contributed by atoms with Crippen LogP contribution < -0.4 is 21.8 Å². The number of carbonyl (C=O) groups excluding carboxylic acids is 2. The Balaban J connectivity index is 1.57. The van der Waals surface area contributed by atoms with Crippen molar-refractivity contribution in [3.63, 3.8) is 0 Å². The van der Waals surface area contributed by atoms with E-state index in [9.17, 15) is 9.59 Å². The van der Waals surface area contributed by atoms with Crippen LogP contribution in [0.3, 0.4) is 0 Å². The molecule has 0 fully saturated rings. The van der Waals surface area contributed by atoms with Gasteiger partial charge in [0.05, 0.1) is 0 Å². The Morgan fingerprint density at radius 2 is 1.47 bits per heavy atom. The monoisotopic (exact) mass is 428 g/mol. The molecule has 7 heteroatoms. The van der Waals surface area contributed by atoms with Crippen LogP contribution in [0.15, 0.2) is 78.9 Å². The molecule has 0 aliphatic heterocycles. The van der Waals surface area contributed by atoms with Crippen LogP contribution in [0.2, 0.25) is 0 Å². The molecule has 0 bridgehead atoms. The number of hydroxylamine groups is 1. The van der Waals surface area contributed by atoms with E-state index in [0.717, 1.165) is 28.9 Å². The number of nitrogens with one attached hydrogen (secondary N) is 3. The van der Waals surface area contributed by atoms with Crippen molar-refractivity contribution < 1.29 is 14.8 Å². The van der Waals surface area contributed by atoms with Gasteiger partial charge in [0.15, 0.2) is 0 Å². The molecule has 0 aromatic heterocycles. The summed E-state index contributed by atoms with van der Waals surface area (Å²) in [6.07, 6.45) is 0. The van der Waals surface area contributed by atoms with Gasteiger partial charge in [-0.3, -0.25) is 14.8 Å². The van der Waals surface area contributed by atoms with Crippen LogP contribution in [0.25, 0.3) is 0 Å². The number of hydrogen-bond acceptors (Lipinski definition) is 5. The normalized spacial score (nSPS) is 10.9. The molecule has 6 N–H and O–H groups in total. The summed E-state index contributed by atoms with van der Waals surface area (Å²) in [6, 6.07) is 23.7. The molecule has 1 atom stereocenters. The van der Waals surface area contributed by atoms with Gasteiger partial charge in [0, 0.05) is 35.5 Å². The highest BCUT2D eigenvalue weighted by atomic mass is 16.5. The van der Waals surface area contributed by atoms with E-state index in [4.69, 9.17) is 10.9 Å². The number of para-hydroxylation sites is 1. The van der Waals surface area contributed by atoms with E-state index in [1.165, 1.54) is 5.48 Å². The fourth-order valence-corrected chi connectivity index (χ4v) is 2.87. The van der Waals surface area contributed by atoms with E-state index in [1.54, 1.807) is 24.3 Å². The highest BCUT2D eigenvalue weighted by Gasteiger charge is 2.19. The second-order valence-corrected chi connectivity index (χ2v) is 6.98. The summed E-state index contributed by atoms with van der Waals surface area (Å²) >= 11 is 0. The van der Waals surface area contributed by atoms with Crippen molar-refractivity contribution in [1.29, 1.82) is 0 Å². The van der Waals surface area contributed by atoms with Crippen molar-refractivity contribution in [2.75, 3.05) is 11.9 Å². The van der Waals surface area contributed by atoms with E-state index < -0.39 is 17.9 Å². The van der Waals surface area contributed by atoms with Gasteiger partial charge in [0.25, 0.3) is 11.8 Å². The number of nitrogens with two attached hydrogens (primary N) is 1. The molecule has 0 aliphatic carbocycles. The first-order valence-electron chi connectivity index (χ1n) is 10.0. The number of anilines is 1. The first-order valence-corrected chi connectivity index (χ1v) is 10.0. The van der Waals surface area contributed by atoms with Gasteiger partial charge < -0.3 is 16.4 Å². The molecule has 3 aromatic rings. The zero-order valence-electron chi connectivity index (χ0n) is 17.3. The fourth-order valence-electron chi connectivity index (χ4n) is 2.87. The molecule has 0 spiro atoms. The molecule has 2 amide bonds. The molecular weight excluding hydrogens is 404 g/mol. The van der Waals surface area contributed by atoms with Crippen molar-refractivity contribution in [1.82, 2.24) is 10.8 Å². The van der Waals surface area contributed by atoms with Crippen molar-refractivity contribution >= 4 is 17.5 Å². The maximum absolute atomic E-state index is 12.2. The summed E-state index contributed by atoms with van der Waals surface area (Å²) in [4.78, 5) is 23.7. The van der Waals surface area contributed by atoms with E-state index in [2.05, 4.69) is 22.5 Å². The second kappa shape index (κ2) is 11.3. The van der Waals surface area contributed by atoms with Crippen LogP contribution in [0.1, 0.15) is 27.0 Å². The first-order chi connectivity index (χ1) is 15.6. The summed E-state index contributed by atoms with van der Waals surface area (Å²) in [7, 11) is 0. The minimum atomic E-state index is -1.02. The van der Waals surface area contributed by atoms with Gasteiger partial charge in [0.2, 0.25) is 0 Å².